The van der Waals surface area contributed by atoms with Crippen LogP contribution < -0.4 is 0 Å². The van der Waals surface area contributed by atoms with Crippen LogP contribution in [-0.4, -0.2) is 44.6 Å². The minimum Gasteiger partial charge on any atom is -0.481 e. The molecule has 6 unspecified atom stereocenters. The molecule has 0 radical (unpaired) electrons. The summed E-state index contributed by atoms with van der Waals surface area (Å²) in [5, 5.41) is 40.6. The van der Waals surface area contributed by atoms with Gasteiger partial charge >= 0.3 is 11.9 Å². The first kappa shape index (κ1) is 30.1. The van der Waals surface area contributed by atoms with Crippen LogP contribution in [0.15, 0.2) is 0 Å². The van der Waals surface area contributed by atoms with Crippen molar-refractivity contribution in [2.75, 3.05) is 0 Å². The Morgan fingerprint density at radius 3 is 1.17 bits per heavy atom. The zero-order valence-electron chi connectivity index (χ0n) is 22.7. The lowest BCUT2D eigenvalue weighted by atomic mass is 9.72. The Balaban J connectivity index is 1.73. The fourth-order valence-electron chi connectivity index (χ4n) is 6.47. The topological polar surface area (TPSA) is 115 Å². The summed E-state index contributed by atoms with van der Waals surface area (Å²) >= 11 is 0. The fourth-order valence-corrected chi connectivity index (χ4v) is 6.47. The zero-order valence-corrected chi connectivity index (χ0v) is 22.7. The van der Waals surface area contributed by atoms with E-state index in [1.807, 2.05) is 0 Å². The third kappa shape index (κ3) is 9.03. The molecular weight excluding hydrogens is 444 g/mol. The molecule has 35 heavy (non-hydrogen) atoms. The van der Waals surface area contributed by atoms with Gasteiger partial charge < -0.3 is 20.4 Å². The van der Waals surface area contributed by atoms with Gasteiger partial charge in [0.05, 0.1) is 23.0 Å². The Morgan fingerprint density at radius 2 is 0.886 bits per heavy atom. The summed E-state index contributed by atoms with van der Waals surface area (Å²) in [4.78, 5) is 22.7. The van der Waals surface area contributed by atoms with Crippen molar-refractivity contribution in [1.82, 2.24) is 0 Å². The molecule has 6 heteroatoms. The molecule has 4 N–H and O–H groups in total. The third-order valence-electron chi connectivity index (χ3n) is 9.29. The number of carboxylic acid groups (broad SMARTS) is 2. The molecule has 0 aliphatic heterocycles. The van der Waals surface area contributed by atoms with Crippen LogP contribution in [0, 0.1) is 34.5 Å². The van der Waals surface area contributed by atoms with Crippen molar-refractivity contribution in [1.29, 1.82) is 0 Å². The highest BCUT2D eigenvalue weighted by molar-refractivity contribution is 5.73. The number of carbonyl (C=O) groups is 2. The van der Waals surface area contributed by atoms with Gasteiger partial charge in [0, 0.05) is 0 Å². The lowest BCUT2D eigenvalue weighted by Crippen LogP contribution is -2.35. The van der Waals surface area contributed by atoms with Crippen molar-refractivity contribution in [2.24, 2.45) is 34.5 Å². The van der Waals surface area contributed by atoms with Crippen LogP contribution in [0.1, 0.15) is 124 Å². The normalized spacial score (nSPS) is 30.2. The van der Waals surface area contributed by atoms with Crippen LogP contribution in [0.3, 0.4) is 0 Å². The predicted octanol–water partition coefficient (Wildman–Crippen LogP) is 6.27. The standard InChI is InChI=1S/C29H52O6/c1-28(2,26(32)33)18-8-16-22-14-6-12-20(24(22)30)10-5-11-21-13-7-15-23(25(21)31)17-9-19-29(3,4)27(34)35/h20-25,30-31H,5-19H2,1-4H3,(H,32,33)(H,34,35). The summed E-state index contributed by atoms with van der Waals surface area (Å²) in [6, 6.07) is 0. The molecular formula is C29H52O6. The number of aliphatic hydroxyl groups is 2. The molecule has 2 rings (SSSR count). The van der Waals surface area contributed by atoms with Crippen LogP contribution in [0.4, 0.5) is 0 Å². The molecule has 2 aliphatic carbocycles. The predicted molar refractivity (Wildman–Crippen MR) is 138 cm³/mol. The van der Waals surface area contributed by atoms with Gasteiger partial charge in [-0.2, -0.15) is 0 Å². The van der Waals surface area contributed by atoms with E-state index in [0.29, 0.717) is 24.7 Å². The van der Waals surface area contributed by atoms with Crippen LogP contribution in [-0.2, 0) is 9.59 Å². The molecule has 2 aliphatic rings. The number of carboxylic acids is 2. The molecule has 204 valence electrons. The summed E-state index contributed by atoms with van der Waals surface area (Å²) in [6.45, 7) is 7.10. The zero-order chi connectivity index (χ0) is 26.2. The molecule has 6 nitrogen and oxygen atoms in total. The minimum absolute atomic E-state index is 0.276. The number of aliphatic carboxylic acids is 2. The molecule has 2 fully saturated rings. The monoisotopic (exact) mass is 496 g/mol. The summed E-state index contributed by atoms with van der Waals surface area (Å²) < 4.78 is 0. The average Bonchev–Trinajstić information content (AvgIpc) is 2.77. The smallest absolute Gasteiger partial charge is 0.309 e. The van der Waals surface area contributed by atoms with E-state index in [9.17, 15) is 30.0 Å². The summed E-state index contributed by atoms with van der Waals surface area (Å²) in [7, 11) is 0. The molecule has 0 aromatic rings. The Hall–Kier alpha value is -1.14. The highest BCUT2D eigenvalue weighted by atomic mass is 16.4. The fraction of sp³-hybridized carbons (Fsp3) is 0.931. The maximum atomic E-state index is 11.3. The van der Waals surface area contributed by atoms with E-state index in [4.69, 9.17) is 0 Å². The highest BCUT2D eigenvalue weighted by Gasteiger charge is 2.35. The molecule has 0 aromatic carbocycles. The second-order valence-electron chi connectivity index (χ2n) is 13.0. The third-order valence-corrected chi connectivity index (χ3v) is 9.29. The summed E-state index contributed by atoms with van der Waals surface area (Å²) in [5.41, 5.74) is -1.41. The van der Waals surface area contributed by atoms with Gasteiger partial charge in [0.1, 0.15) is 0 Å². The van der Waals surface area contributed by atoms with E-state index in [-0.39, 0.29) is 24.0 Å². The number of aliphatic hydroxyl groups excluding tert-OH is 2. The lowest BCUT2D eigenvalue weighted by molar-refractivity contribution is -0.148. The maximum Gasteiger partial charge on any atom is 0.309 e. The van der Waals surface area contributed by atoms with Gasteiger partial charge in [-0.1, -0.05) is 32.1 Å². The molecule has 0 heterocycles. The van der Waals surface area contributed by atoms with Crippen LogP contribution in [0.25, 0.3) is 0 Å². The van der Waals surface area contributed by atoms with Gasteiger partial charge in [0.15, 0.2) is 0 Å². The largest absolute Gasteiger partial charge is 0.481 e. The summed E-state index contributed by atoms with van der Waals surface area (Å²) in [6.07, 6.45) is 13.7. The van der Waals surface area contributed by atoms with Crippen molar-refractivity contribution in [3.8, 4) is 0 Å². The van der Waals surface area contributed by atoms with Crippen molar-refractivity contribution in [3.05, 3.63) is 0 Å². The molecule has 0 saturated heterocycles. The van der Waals surface area contributed by atoms with Crippen molar-refractivity contribution >= 4 is 11.9 Å². The highest BCUT2D eigenvalue weighted by Crippen LogP contribution is 2.39. The SMILES string of the molecule is CC(C)(CCCC1CCCC(CCCC2CCCC(CCCC(C)(C)C(=O)O)C2O)C1O)C(=O)O. The molecule has 0 aromatic heterocycles. The van der Waals surface area contributed by atoms with E-state index in [0.717, 1.165) is 83.5 Å². The van der Waals surface area contributed by atoms with Crippen molar-refractivity contribution < 1.29 is 30.0 Å². The second-order valence-corrected chi connectivity index (χ2v) is 13.0. The molecule has 0 bridgehead atoms. The average molecular weight is 497 g/mol. The first-order valence-corrected chi connectivity index (χ1v) is 14.2. The molecule has 0 spiro atoms. The number of rotatable bonds is 14. The van der Waals surface area contributed by atoms with E-state index in [2.05, 4.69) is 0 Å². The van der Waals surface area contributed by atoms with E-state index in [1.54, 1.807) is 27.7 Å². The van der Waals surface area contributed by atoms with Gasteiger partial charge in [-0.05, 0) is 116 Å². The van der Waals surface area contributed by atoms with Gasteiger partial charge in [-0.25, -0.2) is 0 Å². The Labute approximate surface area is 212 Å². The van der Waals surface area contributed by atoms with E-state index in [1.165, 1.54) is 0 Å². The Bertz CT molecular complexity index is 616. The van der Waals surface area contributed by atoms with Crippen molar-refractivity contribution in [3.63, 3.8) is 0 Å². The second kappa shape index (κ2) is 13.4. The van der Waals surface area contributed by atoms with Crippen LogP contribution >= 0.6 is 0 Å². The minimum atomic E-state index is -0.754. The van der Waals surface area contributed by atoms with Crippen LogP contribution in [0.2, 0.25) is 0 Å². The van der Waals surface area contributed by atoms with Gasteiger partial charge in [0.2, 0.25) is 0 Å². The first-order chi connectivity index (χ1) is 16.3. The van der Waals surface area contributed by atoms with Gasteiger partial charge in [-0.3, -0.25) is 9.59 Å². The molecule has 2 saturated carbocycles. The summed E-state index contributed by atoms with van der Waals surface area (Å²) in [5.74, 6) is -0.324. The van der Waals surface area contributed by atoms with Gasteiger partial charge in [0.25, 0.3) is 0 Å². The number of hydrogen-bond donors (Lipinski definition) is 4. The molecule has 6 atom stereocenters. The van der Waals surface area contributed by atoms with Crippen LogP contribution in [0.5, 0.6) is 0 Å². The van der Waals surface area contributed by atoms with Gasteiger partial charge in [-0.15, -0.1) is 0 Å². The Kier molecular flexibility index (Phi) is 11.5. The van der Waals surface area contributed by atoms with E-state index < -0.39 is 22.8 Å². The molecule has 0 amide bonds. The van der Waals surface area contributed by atoms with Crippen molar-refractivity contribution in [2.45, 2.75) is 136 Å². The first-order valence-electron chi connectivity index (χ1n) is 14.2. The van der Waals surface area contributed by atoms with E-state index >= 15 is 0 Å². The number of hydrogen-bond acceptors (Lipinski definition) is 4. The lowest BCUT2D eigenvalue weighted by Gasteiger charge is -2.37. The Morgan fingerprint density at radius 1 is 0.600 bits per heavy atom. The quantitative estimate of drug-likeness (QED) is 0.225. The maximum absolute atomic E-state index is 11.3.